The third-order valence-electron chi connectivity index (χ3n) is 11.3. The first-order valence-corrected chi connectivity index (χ1v) is 19.7. The van der Waals surface area contributed by atoms with Crippen molar-refractivity contribution in [1.29, 1.82) is 0 Å². The van der Waals surface area contributed by atoms with Crippen molar-refractivity contribution in [2.24, 2.45) is 0 Å². The molecule has 0 aliphatic heterocycles. The van der Waals surface area contributed by atoms with Crippen LogP contribution in [0, 0.1) is 0 Å². The van der Waals surface area contributed by atoms with Crippen molar-refractivity contribution in [2.75, 3.05) is 4.90 Å². The standard InChI is InChI=1S/C52H31NO2S/c1-2-12-33(13-3-1)53(34-26-24-32(25-27-34)36-18-11-22-47-50(36)43-17-6-8-21-46(43)54-47)35-28-29-38-45-31-44(37-14-4-5-16-40(37)51(45)55-48(38)30-35)42-20-10-19-41-39-15-7-9-23-49(39)56-52(41)42/h1-31H. The average molecular weight is 734 g/mol. The molecule has 0 bridgehead atoms. The Morgan fingerprint density at radius 3 is 1.89 bits per heavy atom. The SMILES string of the molecule is c1ccc(N(c2ccc(-c3cccc4oc5ccccc5c34)cc2)c2ccc3c(c2)oc2c4ccccc4c(-c4cccc5c4sc4ccccc45)cc32)cc1. The Morgan fingerprint density at radius 2 is 1.02 bits per heavy atom. The van der Waals surface area contributed by atoms with E-state index in [2.05, 4.69) is 175 Å². The summed E-state index contributed by atoms with van der Waals surface area (Å²) in [5.74, 6) is 0. The number of thiophene rings is 1. The summed E-state index contributed by atoms with van der Waals surface area (Å²) in [5, 5.41) is 9.41. The van der Waals surface area contributed by atoms with Gasteiger partial charge in [0.25, 0.3) is 0 Å². The van der Waals surface area contributed by atoms with E-state index in [0.717, 1.165) is 77.5 Å². The van der Waals surface area contributed by atoms with Crippen LogP contribution in [0.4, 0.5) is 17.1 Å². The van der Waals surface area contributed by atoms with Gasteiger partial charge in [-0.1, -0.05) is 121 Å². The zero-order chi connectivity index (χ0) is 36.7. The van der Waals surface area contributed by atoms with Crippen molar-refractivity contribution in [3.63, 3.8) is 0 Å². The van der Waals surface area contributed by atoms with Crippen molar-refractivity contribution < 1.29 is 8.83 Å². The number of para-hydroxylation sites is 2. The van der Waals surface area contributed by atoms with Crippen molar-refractivity contribution in [1.82, 2.24) is 0 Å². The van der Waals surface area contributed by atoms with Crippen molar-refractivity contribution in [3.05, 3.63) is 188 Å². The fourth-order valence-electron chi connectivity index (χ4n) is 8.74. The third kappa shape index (κ3) is 4.70. The van der Waals surface area contributed by atoms with Crippen LogP contribution in [0.1, 0.15) is 0 Å². The molecule has 0 radical (unpaired) electrons. The van der Waals surface area contributed by atoms with Crippen molar-refractivity contribution in [2.45, 2.75) is 0 Å². The molecule has 3 aromatic heterocycles. The molecule has 0 amide bonds. The van der Waals surface area contributed by atoms with Gasteiger partial charge in [0.1, 0.15) is 22.3 Å². The van der Waals surface area contributed by atoms with E-state index in [1.807, 2.05) is 29.5 Å². The van der Waals surface area contributed by atoms with Gasteiger partial charge in [-0.05, 0) is 82.7 Å². The number of hydrogen-bond acceptors (Lipinski definition) is 4. The number of hydrogen-bond donors (Lipinski definition) is 0. The highest BCUT2D eigenvalue weighted by molar-refractivity contribution is 7.26. The fraction of sp³-hybridized carbons (Fsp3) is 0. The van der Waals surface area contributed by atoms with Crippen LogP contribution in [0.2, 0.25) is 0 Å². The second kappa shape index (κ2) is 12.2. The van der Waals surface area contributed by atoms with Gasteiger partial charge in [-0.15, -0.1) is 11.3 Å². The molecule has 0 fully saturated rings. The van der Waals surface area contributed by atoms with Crippen molar-refractivity contribution >= 4 is 103 Å². The van der Waals surface area contributed by atoms with Gasteiger partial charge in [0.05, 0.1) is 0 Å². The van der Waals surface area contributed by atoms with E-state index in [1.54, 1.807) is 0 Å². The molecule has 0 saturated carbocycles. The monoisotopic (exact) mass is 733 g/mol. The molecule has 12 rings (SSSR count). The number of furan rings is 2. The third-order valence-corrected chi connectivity index (χ3v) is 12.5. The highest BCUT2D eigenvalue weighted by Crippen LogP contribution is 2.46. The average Bonchev–Trinajstić information content (AvgIpc) is 3.95. The summed E-state index contributed by atoms with van der Waals surface area (Å²) in [7, 11) is 0. The van der Waals surface area contributed by atoms with Crippen LogP contribution in [-0.4, -0.2) is 0 Å². The molecule has 3 heterocycles. The number of rotatable bonds is 5. The molecule has 0 saturated heterocycles. The maximum absolute atomic E-state index is 6.87. The summed E-state index contributed by atoms with van der Waals surface area (Å²) >= 11 is 1.87. The van der Waals surface area contributed by atoms with Crippen LogP contribution in [0.15, 0.2) is 197 Å². The maximum Gasteiger partial charge on any atom is 0.143 e. The maximum atomic E-state index is 6.87. The Labute approximate surface area is 325 Å². The highest BCUT2D eigenvalue weighted by atomic mass is 32.1. The molecule has 9 aromatic carbocycles. The first kappa shape index (κ1) is 31.2. The van der Waals surface area contributed by atoms with Gasteiger partial charge < -0.3 is 13.7 Å². The first-order valence-electron chi connectivity index (χ1n) is 18.9. The molecule has 0 N–H and O–H groups in total. The molecule has 0 aliphatic carbocycles. The lowest BCUT2D eigenvalue weighted by Gasteiger charge is -2.25. The van der Waals surface area contributed by atoms with Gasteiger partial charge in [0.2, 0.25) is 0 Å². The Bertz CT molecular complexity index is 3480. The normalized spacial score (nSPS) is 11.9. The molecule has 0 spiro atoms. The summed E-state index contributed by atoms with van der Waals surface area (Å²) in [4.78, 5) is 2.30. The minimum Gasteiger partial charge on any atom is -0.456 e. The van der Waals surface area contributed by atoms with Gasteiger partial charge in [0.15, 0.2) is 0 Å². The highest BCUT2D eigenvalue weighted by Gasteiger charge is 2.20. The van der Waals surface area contributed by atoms with Crippen LogP contribution in [0.25, 0.3) is 97.1 Å². The van der Waals surface area contributed by atoms with E-state index >= 15 is 0 Å². The van der Waals surface area contributed by atoms with Crippen LogP contribution in [0.3, 0.4) is 0 Å². The topological polar surface area (TPSA) is 29.5 Å². The molecule has 0 atom stereocenters. The van der Waals surface area contributed by atoms with E-state index in [-0.39, 0.29) is 0 Å². The molecule has 4 heteroatoms. The van der Waals surface area contributed by atoms with E-state index < -0.39 is 0 Å². The Hall–Kier alpha value is -7.14. The van der Waals surface area contributed by atoms with E-state index in [4.69, 9.17) is 8.83 Å². The number of nitrogens with zero attached hydrogens (tertiary/aromatic N) is 1. The number of fused-ring (bicyclic) bond motifs is 11. The molecular formula is C52H31NO2S. The van der Waals surface area contributed by atoms with Gasteiger partial charge >= 0.3 is 0 Å². The minimum atomic E-state index is 0.857. The van der Waals surface area contributed by atoms with Gasteiger partial charge in [0, 0.05) is 75.8 Å². The molecular weight excluding hydrogens is 703 g/mol. The fourth-order valence-corrected chi connectivity index (χ4v) is 9.97. The second-order valence-electron chi connectivity index (χ2n) is 14.4. The minimum absolute atomic E-state index is 0.857. The predicted molar refractivity (Wildman–Crippen MR) is 237 cm³/mol. The first-order chi connectivity index (χ1) is 27.8. The van der Waals surface area contributed by atoms with Gasteiger partial charge in [-0.25, -0.2) is 0 Å². The summed E-state index contributed by atoms with van der Waals surface area (Å²) < 4.78 is 15.7. The molecule has 0 aliphatic rings. The number of benzene rings is 9. The molecule has 12 aromatic rings. The van der Waals surface area contributed by atoms with E-state index in [9.17, 15) is 0 Å². The van der Waals surface area contributed by atoms with E-state index in [0.29, 0.717) is 0 Å². The predicted octanol–water partition coefficient (Wildman–Crippen LogP) is 15.8. The second-order valence-corrected chi connectivity index (χ2v) is 15.5. The largest absolute Gasteiger partial charge is 0.456 e. The summed E-state index contributed by atoms with van der Waals surface area (Å²) in [6.45, 7) is 0. The summed E-state index contributed by atoms with van der Waals surface area (Å²) in [5.41, 5.74) is 11.5. The van der Waals surface area contributed by atoms with E-state index in [1.165, 1.54) is 36.7 Å². The Morgan fingerprint density at radius 1 is 0.357 bits per heavy atom. The summed E-state index contributed by atoms with van der Waals surface area (Å²) in [6, 6.07) is 67.1. The van der Waals surface area contributed by atoms with Crippen LogP contribution in [0.5, 0.6) is 0 Å². The zero-order valence-electron chi connectivity index (χ0n) is 30.1. The lowest BCUT2D eigenvalue weighted by Crippen LogP contribution is -2.09. The van der Waals surface area contributed by atoms with Crippen molar-refractivity contribution in [3.8, 4) is 22.3 Å². The molecule has 262 valence electrons. The van der Waals surface area contributed by atoms with Crippen LogP contribution >= 0.6 is 11.3 Å². The number of anilines is 3. The van der Waals surface area contributed by atoms with Crippen LogP contribution in [-0.2, 0) is 0 Å². The molecule has 3 nitrogen and oxygen atoms in total. The lowest BCUT2D eigenvalue weighted by molar-refractivity contribution is 0.669. The molecule has 0 unspecified atom stereocenters. The van der Waals surface area contributed by atoms with Gasteiger partial charge in [-0.3, -0.25) is 0 Å². The Kier molecular flexibility index (Phi) is 6.80. The summed E-state index contributed by atoms with van der Waals surface area (Å²) in [6.07, 6.45) is 0. The van der Waals surface area contributed by atoms with Crippen LogP contribution < -0.4 is 4.90 Å². The quantitative estimate of drug-likeness (QED) is 0.176. The smallest absolute Gasteiger partial charge is 0.143 e. The Balaban J connectivity index is 1.01. The molecule has 56 heavy (non-hydrogen) atoms. The zero-order valence-corrected chi connectivity index (χ0v) is 30.9. The lowest BCUT2D eigenvalue weighted by atomic mass is 9.94. The van der Waals surface area contributed by atoms with Gasteiger partial charge in [-0.2, -0.15) is 0 Å².